The van der Waals surface area contributed by atoms with Gasteiger partial charge in [0.25, 0.3) is 0 Å². The average molecular weight is 220 g/mol. The molecule has 16 heavy (non-hydrogen) atoms. The van der Waals surface area contributed by atoms with Gasteiger partial charge >= 0.3 is 5.91 Å². The molecule has 0 radical (unpaired) electrons. The number of hydrogen-bond acceptors (Lipinski definition) is 3. The van der Waals surface area contributed by atoms with Gasteiger partial charge in [-0.1, -0.05) is 0 Å². The van der Waals surface area contributed by atoms with Crippen LogP contribution in [0.25, 0.3) is 0 Å². The Hall–Kier alpha value is -1.78. The lowest BCUT2D eigenvalue weighted by Gasteiger charge is -2.10. The van der Waals surface area contributed by atoms with Crippen LogP contribution in [0, 0.1) is 4.91 Å². The molecule has 0 N–H and O–H groups in total. The van der Waals surface area contributed by atoms with Crippen molar-refractivity contribution < 1.29 is 9.66 Å². The molecule has 1 amide bonds. The summed E-state index contributed by atoms with van der Waals surface area (Å²) >= 11 is 0. The maximum absolute atomic E-state index is 11.8. The quantitative estimate of drug-likeness (QED) is 0.707. The van der Waals surface area contributed by atoms with Gasteiger partial charge in [0, 0.05) is 12.4 Å². The molecule has 5 heteroatoms. The normalized spacial score (nSPS) is 19.8. The molecule has 2 rings (SSSR count). The molecule has 0 aromatic carbocycles. The van der Waals surface area contributed by atoms with Crippen molar-refractivity contribution in [1.82, 2.24) is 9.99 Å². The molecule has 1 aromatic rings. The largest absolute Gasteiger partial charge is 0.499 e. The van der Waals surface area contributed by atoms with Gasteiger partial charge in [0.1, 0.15) is 5.56 Å². The number of rotatable bonds is 2. The van der Waals surface area contributed by atoms with Crippen molar-refractivity contribution in [2.75, 3.05) is 6.54 Å². The van der Waals surface area contributed by atoms with Crippen LogP contribution in [0.15, 0.2) is 24.5 Å². The van der Waals surface area contributed by atoms with E-state index in [-0.39, 0.29) is 6.04 Å². The van der Waals surface area contributed by atoms with Gasteiger partial charge in [-0.3, -0.25) is 4.98 Å². The third-order valence-electron chi connectivity index (χ3n) is 2.83. The molecule has 1 saturated heterocycles. The number of carbonyl (C=O) groups excluding carboxylic acids is 1. The zero-order chi connectivity index (χ0) is 11.5. The summed E-state index contributed by atoms with van der Waals surface area (Å²) in [5, 5.41) is 1.56. The number of nitroso groups, excluding NO2 is 1. The summed E-state index contributed by atoms with van der Waals surface area (Å²) in [4.78, 5) is 27.9. The molecule has 5 nitrogen and oxygen atoms in total. The number of hydrazine groups is 1. The fraction of sp³-hybridized carbons (Fsp3) is 0.455. The molecule has 0 aliphatic carbocycles. The number of hydrogen-bond donors (Lipinski definition) is 0. The molecule has 1 unspecified atom stereocenters. The van der Waals surface area contributed by atoms with Crippen molar-refractivity contribution in [3.8, 4) is 0 Å². The van der Waals surface area contributed by atoms with Gasteiger partial charge in [0.15, 0.2) is 0 Å². The Morgan fingerprint density at radius 1 is 1.62 bits per heavy atom. The van der Waals surface area contributed by atoms with Gasteiger partial charge < -0.3 is 0 Å². The van der Waals surface area contributed by atoms with Crippen LogP contribution in [0.2, 0.25) is 0 Å². The molecule has 0 spiro atoms. The predicted molar refractivity (Wildman–Crippen MR) is 57.6 cm³/mol. The first kappa shape index (κ1) is 10.7. The van der Waals surface area contributed by atoms with Gasteiger partial charge in [0.05, 0.1) is 17.5 Å². The monoisotopic (exact) mass is 220 g/mol. The van der Waals surface area contributed by atoms with E-state index < -0.39 is 5.91 Å². The lowest BCUT2D eigenvalue weighted by molar-refractivity contribution is -0.630. The Labute approximate surface area is 93.6 Å². The Bertz CT molecular complexity index is 405. The summed E-state index contributed by atoms with van der Waals surface area (Å²) in [7, 11) is 0. The van der Waals surface area contributed by atoms with E-state index in [0.717, 1.165) is 12.8 Å². The Kier molecular flexibility index (Phi) is 2.94. The lowest BCUT2D eigenvalue weighted by Crippen LogP contribution is -2.39. The first-order valence-electron chi connectivity index (χ1n) is 5.38. The third-order valence-corrected chi connectivity index (χ3v) is 2.83. The molecule has 1 aromatic heterocycles. The third kappa shape index (κ3) is 1.93. The van der Waals surface area contributed by atoms with Crippen molar-refractivity contribution >= 4 is 5.91 Å². The van der Waals surface area contributed by atoms with Crippen molar-refractivity contribution in [3.05, 3.63) is 35.0 Å². The van der Waals surface area contributed by atoms with E-state index in [4.69, 9.17) is 0 Å². The minimum absolute atomic E-state index is 0.137. The topological polar surface area (TPSA) is 53.3 Å². The summed E-state index contributed by atoms with van der Waals surface area (Å²) in [5.74, 6) is -0.540. The highest BCUT2D eigenvalue weighted by Gasteiger charge is 2.38. The zero-order valence-electron chi connectivity index (χ0n) is 9.17. The number of pyridine rings is 1. The Morgan fingerprint density at radius 3 is 3.00 bits per heavy atom. The first-order chi connectivity index (χ1) is 7.70. The smallest absolute Gasteiger partial charge is 0.264 e. The van der Waals surface area contributed by atoms with E-state index in [1.54, 1.807) is 23.3 Å². The van der Waals surface area contributed by atoms with Crippen LogP contribution in [0.1, 0.15) is 30.1 Å². The highest BCUT2D eigenvalue weighted by atomic mass is 16.4. The number of amides is 1. The van der Waals surface area contributed by atoms with E-state index in [1.807, 2.05) is 6.92 Å². The summed E-state index contributed by atoms with van der Waals surface area (Å²) < 4.78 is 0. The first-order valence-corrected chi connectivity index (χ1v) is 5.38. The van der Waals surface area contributed by atoms with Crippen LogP contribution >= 0.6 is 0 Å². The molecular formula is C11H14N3O2+. The average Bonchev–Trinajstić information content (AvgIpc) is 2.75. The van der Waals surface area contributed by atoms with E-state index in [9.17, 15) is 9.70 Å². The van der Waals surface area contributed by atoms with Gasteiger partial charge in [0.2, 0.25) is 4.87 Å². The van der Waals surface area contributed by atoms with Crippen molar-refractivity contribution in [2.24, 2.45) is 0 Å². The molecule has 1 fully saturated rings. The van der Waals surface area contributed by atoms with Gasteiger partial charge in [-0.15, -0.1) is 5.01 Å². The lowest BCUT2D eigenvalue weighted by atomic mass is 10.2. The highest BCUT2D eigenvalue weighted by molar-refractivity contribution is 5.86. The summed E-state index contributed by atoms with van der Waals surface area (Å²) in [6, 6.07) is 3.38. The van der Waals surface area contributed by atoms with Crippen LogP contribution in [-0.4, -0.2) is 33.4 Å². The fourth-order valence-electron chi connectivity index (χ4n) is 1.90. The molecule has 0 bridgehead atoms. The molecule has 2 heterocycles. The maximum atomic E-state index is 11.8. The van der Waals surface area contributed by atoms with Gasteiger partial charge in [-0.05, 0) is 31.9 Å². The molecule has 1 aliphatic heterocycles. The second-order valence-corrected chi connectivity index (χ2v) is 3.97. The minimum atomic E-state index is -0.540. The second kappa shape index (κ2) is 4.38. The zero-order valence-corrected chi connectivity index (χ0v) is 9.17. The summed E-state index contributed by atoms with van der Waals surface area (Å²) in [6.45, 7) is 2.60. The number of aromatic nitrogens is 1. The highest BCUT2D eigenvalue weighted by Crippen LogP contribution is 2.17. The summed E-state index contributed by atoms with van der Waals surface area (Å²) in [6.07, 6.45) is 4.90. The fourth-order valence-corrected chi connectivity index (χ4v) is 1.90. The molecular weight excluding hydrogens is 206 g/mol. The van der Waals surface area contributed by atoms with E-state index in [0.29, 0.717) is 17.0 Å². The molecule has 1 atom stereocenters. The second-order valence-electron chi connectivity index (χ2n) is 3.97. The predicted octanol–water partition coefficient (Wildman–Crippen LogP) is 1.40. The van der Waals surface area contributed by atoms with Gasteiger partial charge in [-0.25, -0.2) is 4.79 Å². The number of carbonyl (C=O) groups is 1. The molecule has 0 saturated carbocycles. The van der Waals surface area contributed by atoms with Crippen molar-refractivity contribution in [1.29, 1.82) is 0 Å². The summed E-state index contributed by atoms with van der Waals surface area (Å²) in [5.41, 5.74) is 0.330. The molecule has 84 valence electrons. The SMILES string of the molecule is CC1CCCN1[N+](=O)C(=O)c1cccnc1. The number of nitrogens with zero attached hydrogens (tertiary/aromatic N) is 3. The van der Waals surface area contributed by atoms with Crippen molar-refractivity contribution in [2.45, 2.75) is 25.8 Å². The van der Waals surface area contributed by atoms with Crippen LogP contribution in [0.3, 0.4) is 0 Å². The minimum Gasteiger partial charge on any atom is -0.264 e. The van der Waals surface area contributed by atoms with E-state index in [2.05, 4.69) is 4.98 Å². The van der Waals surface area contributed by atoms with Crippen LogP contribution in [-0.2, 0) is 0 Å². The standard InChI is InChI=1S/C11H14N3O2/c1-9-4-3-7-13(9)14(16)11(15)10-5-2-6-12-8-10/h2,5-6,8-9H,3-4,7H2,1H3/q+1. The van der Waals surface area contributed by atoms with Gasteiger partial charge in [-0.2, -0.15) is 0 Å². The van der Waals surface area contributed by atoms with Crippen molar-refractivity contribution in [3.63, 3.8) is 0 Å². The van der Waals surface area contributed by atoms with E-state index >= 15 is 0 Å². The van der Waals surface area contributed by atoms with Crippen LogP contribution in [0.4, 0.5) is 0 Å². The Balaban J connectivity index is 2.14. The van der Waals surface area contributed by atoms with Crippen LogP contribution in [0.5, 0.6) is 0 Å². The Morgan fingerprint density at radius 2 is 2.44 bits per heavy atom. The molecule has 1 aliphatic rings. The van der Waals surface area contributed by atoms with Crippen LogP contribution < -0.4 is 0 Å². The van der Waals surface area contributed by atoms with E-state index in [1.165, 1.54) is 6.20 Å². The maximum Gasteiger partial charge on any atom is 0.499 e.